The van der Waals surface area contributed by atoms with E-state index in [1.54, 1.807) is 18.2 Å². The third kappa shape index (κ3) is 4.17. The largest absolute Gasteiger partial charge is 0.366 e. The minimum atomic E-state index is -0.513. The van der Waals surface area contributed by atoms with Gasteiger partial charge in [0.15, 0.2) is 0 Å². The molecule has 1 aliphatic heterocycles. The molecule has 0 saturated carbocycles. The standard InChI is InChI=1S/C19H20FN3O3/c20-15-6-5-7-16(13-15)21-19(24)14-8-9-17(18(12-14)23(25)26)22-10-3-1-2-4-11-22/h5-9,12-13H,1-4,10-11H2,(H,21,24). The molecule has 1 aliphatic rings. The van der Waals surface area contributed by atoms with Gasteiger partial charge in [0.25, 0.3) is 11.6 Å². The summed E-state index contributed by atoms with van der Waals surface area (Å²) in [5, 5.41) is 14.1. The van der Waals surface area contributed by atoms with Crippen molar-refractivity contribution < 1.29 is 14.1 Å². The summed E-state index contributed by atoms with van der Waals surface area (Å²) in [6, 6.07) is 9.99. The number of nitrogens with one attached hydrogen (secondary N) is 1. The number of rotatable bonds is 4. The normalized spacial score (nSPS) is 14.6. The minimum absolute atomic E-state index is 0.0845. The van der Waals surface area contributed by atoms with Crippen molar-refractivity contribution in [2.24, 2.45) is 0 Å². The predicted molar refractivity (Wildman–Crippen MR) is 98.1 cm³/mol. The summed E-state index contributed by atoms with van der Waals surface area (Å²) < 4.78 is 13.2. The highest BCUT2D eigenvalue weighted by molar-refractivity contribution is 6.05. The van der Waals surface area contributed by atoms with Gasteiger partial charge in [-0.25, -0.2) is 4.39 Å². The van der Waals surface area contributed by atoms with E-state index in [2.05, 4.69) is 5.32 Å². The maximum atomic E-state index is 13.2. The number of hydrogen-bond donors (Lipinski definition) is 1. The minimum Gasteiger partial charge on any atom is -0.366 e. The zero-order valence-corrected chi connectivity index (χ0v) is 14.3. The van der Waals surface area contributed by atoms with E-state index in [0.29, 0.717) is 11.4 Å². The molecule has 136 valence electrons. The Morgan fingerprint density at radius 1 is 1.08 bits per heavy atom. The summed E-state index contributed by atoms with van der Waals surface area (Å²) in [6.07, 6.45) is 4.24. The second-order valence-corrected chi connectivity index (χ2v) is 6.33. The fraction of sp³-hybridized carbons (Fsp3) is 0.316. The summed E-state index contributed by atoms with van der Waals surface area (Å²) in [4.78, 5) is 25.5. The summed E-state index contributed by atoms with van der Waals surface area (Å²) in [5.74, 6) is -0.980. The average molecular weight is 357 g/mol. The van der Waals surface area contributed by atoms with E-state index in [4.69, 9.17) is 0 Å². The SMILES string of the molecule is O=C(Nc1cccc(F)c1)c1ccc(N2CCCCCC2)c([N+](=O)[O-])c1. The van der Waals surface area contributed by atoms with Crippen LogP contribution in [-0.2, 0) is 0 Å². The van der Waals surface area contributed by atoms with Gasteiger partial charge in [0, 0.05) is 30.4 Å². The van der Waals surface area contributed by atoms with Crippen molar-refractivity contribution in [2.45, 2.75) is 25.7 Å². The van der Waals surface area contributed by atoms with Gasteiger partial charge in [-0.05, 0) is 43.2 Å². The number of carbonyl (C=O) groups is 1. The van der Waals surface area contributed by atoms with E-state index in [1.165, 1.54) is 24.3 Å². The molecule has 2 aromatic carbocycles. The number of nitro groups is 1. The summed E-state index contributed by atoms with van der Waals surface area (Å²) in [6.45, 7) is 1.55. The highest BCUT2D eigenvalue weighted by atomic mass is 19.1. The van der Waals surface area contributed by atoms with Gasteiger partial charge in [-0.2, -0.15) is 0 Å². The first kappa shape index (κ1) is 17.8. The second-order valence-electron chi connectivity index (χ2n) is 6.33. The summed E-state index contributed by atoms with van der Waals surface area (Å²) in [7, 11) is 0. The molecule has 0 aromatic heterocycles. The Balaban J connectivity index is 1.85. The lowest BCUT2D eigenvalue weighted by Crippen LogP contribution is -2.25. The molecule has 7 heteroatoms. The van der Waals surface area contributed by atoms with Crippen LogP contribution in [0.2, 0.25) is 0 Å². The van der Waals surface area contributed by atoms with Crippen LogP contribution in [0.5, 0.6) is 0 Å². The predicted octanol–water partition coefficient (Wildman–Crippen LogP) is 4.37. The number of anilines is 2. The van der Waals surface area contributed by atoms with Crippen LogP contribution in [-0.4, -0.2) is 23.9 Å². The lowest BCUT2D eigenvalue weighted by molar-refractivity contribution is -0.384. The van der Waals surface area contributed by atoms with Gasteiger partial charge in [0.05, 0.1) is 4.92 Å². The lowest BCUT2D eigenvalue weighted by atomic mass is 10.1. The molecule has 0 unspecified atom stereocenters. The number of hydrogen-bond acceptors (Lipinski definition) is 4. The molecule has 0 bridgehead atoms. The molecule has 6 nitrogen and oxygen atoms in total. The molecule has 2 aromatic rings. The first-order chi connectivity index (χ1) is 12.5. The van der Waals surface area contributed by atoms with E-state index < -0.39 is 16.6 Å². The molecule has 0 atom stereocenters. The maximum Gasteiger partial charge on any atom is 0.293 e. The zero-order chi connectivity index (χ0) is 18.5. The number of halogens is 1. The molecule has 1 heterocycles. The van der Waals surface area contributed by atoms with Crippen LogP contribution in [0.4, 0.5) is 21.5 Å². The Labute approximate surface area is 150 Å². The van der Waals surface area contributed by atoms with Gasteiger partial charge in [0.2, 0.25) is 0 Å². The van der Waals surface area contributed by atoms with E-state index in [0.717, 1.165) is 38.8 Å². The van der Waals surface area contributed by atoms with E-state index in [1.807, 2.05) is 4.90 Å². The molecule has 0 aliphatic carbocycles. The third-order valence-corrected chi connectivity index (χ3v) is 4.46. The van der Waals surface area contributed by atoms with Gasteiger partial charge < -0.3 is 10.2 Å². The molecule has 26 heavy (non-hydrogen) atoms. The number of amides is 1. The van der Waals surface area contributed by atoms with Crippen molar-refractivity contribution in [1.82, 2.24) is 0 Å². The Bertz CT molecular complexity index is 817. The van der Waals surface area contributed by atoms with Crippen LogP contribution in [0.25, 0.3) is 0 Å². The van der Waals surface area contributed by atoms with Crippen molar-refractivity contribution in [3.05, 3.63) is 64.0 Å². The van der Waals surface area contributed by atoms with Crippen LogP contribution in [0.1, 0.15) is 36.0 Å². The molecular formula is C19H20FN3O3. The number of nitrogens with zero attached hydrogens (tertiary/aromatic N) is 2. The number of nitro benzene ring substituents is 1. The van der Waals surface area contributed by atoms with Crippen molar-refractivity contribution >= 4 is 23.0 Å². The molecule has 0 radical (unpaired) electrons. The van der Waals surface area contributed by atoms with Crippen molar-refractivity contribution in [1.29, 1.82) is 0 Å². The van der Waals surface area contributed by atoms with Gasteiger partial charge in [-0.15, -0.1) is 0 Å². The van der Waals surface area contributed by atoms with E-state index >= 15 is 0 Å². The second kappa shape index (κ2) is 7.95. The van der Waals surface area contributed by atoms with Crippen LogP contribution >= 0.6 is 0 Å². The van der Waals surface area contributed by atoms with Crippen LogP contribution in [0, 0.1) is 15.9 Å². The molecule has 1 amide bonds. The zero-order valence-electron chi connectivity index (χ0n) is 14.3. The van der Waals surface area contributed by atoms with Crippen molar-refractivity contribution in [2.75, 3.05) is 23.3 Å². The van der Waals surface area contributed by atoms with Crippen LogP contribution in [0.3, 0.4) is 0 Å². The fourth-order valence-corrected chi connectivity index (χ4v) is 3.16. The highest BCUT2D eigenvalue weighted by Gasteiger charge is 2.22. The Morgan fingerprint density at radius 2 is 1.81 bits per heavy atom. The van der Waals surface area contributed by atoms with Gasteiger partial charge in [-0.1, -0.05) is 18.9 Å². The lowest BCUT2D eigenvalue weighted by Gasteiger charge is -2.22. The monoisotopic (exact) mass is 357 g/mol. The molecule has 3 rings (SSSR count). The van der Waals surface area contributed by atoms with E-state index in [9.17, 15) is 19.3 Å². The Morgan fingerprint density at radius 3 is 2.46 bits per heavy atom. The molecule has 0 spiro atoms. The van der Waals surface area contributed by atoms with Crippen molar-refractivity contribution in [3.8, 4) is 0 Å². The highest BCUT2D eigenvalue weighted by Crippen LogP contribution is 2.31. The Kier molecular flexibility index (Phi) is 5.46. The molecule has 1 saturated heterocycles. The van der Waals surface area contributed by atoms with E-state index in [-0.39, 0.29) is 11.3 Å². The smallest absolute Gasteiger partial charge is 0.293 e. The van der Waals surface area contributed by atoms with Crippen LogP contribution < -0.4 is 10.2 Å². The fourth-order valence-electron chi connectivity index (χ4n) is 3.16. The van der Waals surface area contributed by atoms with Gasteiger partial charge in [-0.3, -0.25) is 14.9 Å². The topological polar surface area (TPSA) is 75.5 Å². The molecular weight excluding hydrogens is 337 g/mol. The third-order valence-electron chi connectivity index (χ3n) is 4.46. The molecule has 1 fully saturated rings. The summed E-state index contributed by atoms with van der Waals surface area (Å²) >= 11 is 0. The number of carbonyl (C=O) groups excluding carboxylic acids is 1. The first-order valence-corrected chi connectivity index (χ1v) is 8.65. The number of benzene rings is 2. The first-order valence-electron chi connectivity index (χ1n) is 8.65. The van der Waals surface area contributed by atoms with Crippen LogP contribution in [0.15, 0.2) is 42.5 Å². The quantitative estimate of drug-likeness (QED) is 0.651. The average Bonchev–Trinajstić information content (AvgIpc) is 2.90. The van der Waals surface area contributed by atoms with Gasteiger partial charge >= 0.3 is 0 Å². The summed E-state index contributed by atoms with van der Waals surface area (Å²) in [5.41, 5.74) is 0.923. The maximum absolute atomic E-state index is 13.2. The van der Waals surface area contributed by atoms with Crippen molar-refractivity contribution in [3.63, 3.8) is 0 Å². The van der Waals surface area contributed by atoms with Gasteiger partial charge in [0.1, 0.15) is 11.5 Å². The molecule has 1 N–H and O–H groups in total. The Hall–Kier alpha value is -2.96.